The Labute approximate surface area is 341 Å². The van der Waals surface area contributed by atoms with E-state index in [-0.39, 0.29) is 12.8 Å². The number of phosphoric ester groups is 2. The lowest BCUT2D eigenvalue weighted by molar-refractivity contribution is -0.161. The summed E-state index contributed by atoms with van der Waals surface area (Å²) in [5.74, 6) is -0.379. The zero-order chi connectivity index (χ0) is 42.6. The molecule has 0 saturated carbocycles. The summed E-state index contributed by atoms with van der Waals surface area (Å²) in [5, 5.41) is 19.2. The fourth-order valence-electron chi connectivity index (χ4n) is 4.99. The molecule has 0 heterocycles. The quantitative estimate of drug-likeness (QED) is 0.0130. The summed E-state index contributed by atoms with van der Waals surface area (Å²) < 4.78 is 47.6. The SMILES string of the molecule is CC[C@H](O)/C=C/C=C\C/C=C\C/C=C\C/C=C\CCCC(=O)OC[C@H](COP(=O)(O)OC[C@@H](O)COP(=O)(O)O)OC(=O)CCCCCCCCCCCC(C)C. The number of carbonyl (C=O) groups excluding carboxylic acids is 2. The summed E-state index contributed by atoms with van der Waals surface area (Å²) in [5.41, 5.74) is 0. The summed E-state index contributed by atoms with van der Waals surface area (Å²) >= 11 is 0. The highest BCUT2D eigenvalue weighted by Gasteiger charge is 2.28. The number of carbonyl (C=O) groups is 2. The van der Waals surface area contributed by atoms with E-state index in [9.17, 15) is 33.8 Å². The van der Waals surface area contributed by atoms with Crippen molar-refractivity contribution in [3.63, 3.8) is 0 Å². The van der Waals surface area contributed by atoms with Gasteiger partial charge in [0.2, 0.25) is 0 Å². The number of rotatable bonds is 37. The molecule has 16 heteroatoms. The van der Waals surface area contributed by atoms with Gasteiger partial charge in [0.25, 0.3) is 0 Å². The standard InChI is InChI=1S/C41H72O14P2/c1-4-37(42)29-25-21-17-13-9-7-5-6-8-10-14-18-22-26-30-40(44)51-34-39(35-54-57(49,50)53-33-38(43)32-52-56(46,47)48)55-41(45)31-27-23-19-15-11-12-16-20-24-28-36(2)3/h6-9,14,17-18,21,25,29,36-39,42-43H,4-5,10-13,15-16,19-20,22-24,26-28,30-35H2,1-3H3,(H,49,50)(H2,46,47,48)/b8-6-,9-7-,18-14-,21-17-,29-25+/t37-,38-,39+/m0/s1. The molecular weight excluding hydrogens is 778 g/mol. The number of hydrogen-bond donors (Lipinski definition) is 5. The summed E-state index contributed by atoms with van der Waals surface area (Å²) in [6.07, 6.45) is 31.9. The van der Waals surface area contributed by atoms with Gasteiger partial charge in [0.05, 0.1) is 25.9 Å². The minimum atomic E-state index is -4.87. The van der Waals surface area contributed by atoms with E-state index in [0.717, 1.165) is 50.9 Å². The van der Waals surface area contributed by atoms with Crippen LogP contribution in [0.2, 0.25) is 0 Å². The number of aliphatic hydroxyl groups is 2. The van der Waals surface area contributed by atoms with Gasteiger partial charge in [0.1, 0.15) is 12.7 Å². The highest BCUT2D eigenvalue weighted by atomic mass is 31.2. The third kappa shape index (κ3) is 40.3. The van der Waals surface area contributed by atoms with Crippen LogP contribution in [0.1, 0.15) is 136 Å². The van der Waals surface area contributed by atoms with Crippen molar-refractivity contribution in [2.75, 3.05) is 26.4 Å². The van der Waals surface area contributed by atoms with Crippen molar-refractivity contribution in [2.24, 2.45) is 5.92 Å². The monoisotopic (exact) mass is 850 g/mol. The van der Waals surface area contributed by atoms with Crippen molar-refractivity contribution in [2.45, 2.75) is 155 Å². The van der Waals surface area contributed by atoms with Crippen LogP contribution in [0.3, 0.4) is 0 Å². The first kappa shape index (κ1) is 54.8. The Morgan fingerprint density at radius 2 is 1.14 bits per heavy atom. The number of aliphatic hydroxyl groups excluding tert-OH is 2. The molecule has 330 valence electrons. The van der Waals surface area contributed by atoms with Gasteiger partial charge in [-0.15, -0.1) is 0 Å². The van der Waals surface area contributed by atoms with Crippen molar-refractivity contribution in [3.8, 4) is 0 Å². The molecule has 0 spiro atoms. The second-order valence-electron chi connectivity index (χ2n) is 14.2. The van der Waals surface area contributed by atoms with Crippen LogP contribution < -0.4 is 0 Å². The highest BCUT2D eigenvalue weighted by Crippen LogP contribution is 2.43. The van der Waals surface area contributed by atoms with Crippen LogP contribution >= 0.6 is 15.6 Å². The van der Waals surface area contributed by atoms with Gasteiger partial charge < -0.3 is 34.4 Å². The molecule has 0 aromatic rings. The molecule has 5 N–H and O–H groups in total. The lowest BCUT2D eigenvalue weighted by Crippen LogP contribution is -2.30. The minimum Gasteiger partial charge on any atom is -0.462 e. The molecule has 57 heavy (non-hydrogen) atoms. The van der Waals surface area contributed by atoms with Crippen LogP contribution in [0.5, 0.6) is 0 Å². The van der Waals surface area contributed by atoms with Gasteiger partial charge in [-0.3, -0.25) is 23.2 Å². The Balaban J connectivity index is 4.66. The summed E-state index contributed by atoms with van der Waals surface area (Å²) in [4.78, 5) is 52.5. The Bertz CT molecular complexity index is 1270. The molecule has 4 atom stereocenters. The van der Waals surface area contributed by atoms with E-state index >= 15 is 0 Å². The Hall–Kier alpha value is -2.22. The number of unbranched alkanes of at least 4 members (excludes halogenated alkanes) is 9. The number of esters is 2. The predicted octanol–water partition coefficient (Wildman–Crippen LogP) is 8.88. The van der Waals surface area contributed by atoms with Gasteiger partial charge in [-0.05, 0) is 50.9 Å². The third-order valence-corrected chi connectivity index (χ3v) is 9.68. The lowest BCUT2D eigenvalue weighted by Gasteiger charge is -2.20. The fourth-order valence-corrected chi connectivity index (χ4v) is 6.14. The molecule has 0 fully saturated rings. The van der Waals surface area contributed by atoms with E-state index in [1.54, 1.807) is 6.08 Å². The Morgan fingerprint density at radius 3 is 1.74 bits per heavy atom. The van der Waals surface area contributed by atoms with E-state index in [2.05, 4.69) is 47.2 Å². The van der Waals surface area contributed by atoms with Crippen LogP contribution in [-0.2, 0) is 41.8 Å². The van der Waals surface area contributed by atoms with Gasteiger partial charge >= 0.3 is 27.6 Å². The molecule has 0 aliphatic carbocycles. The maximum absolute atomic E-state index is 12.6. The fraction of sp³-hybridized carbons (Fsp3) is 0.707. The van der Waals surface area contributed by atoms with Crippen LogP contribution in [0.4, 0.5) is 0 Å². The molecule has 0 rings (SSSR count). The van der Waals surface area contributed by atoms with Crippen LogP contribution in [0.25, 0.3) is 0 Å². The Kier molecular flexibility index (Phi) is 34.3. The summed E-state index contributed by atoms with van der Waals surface area (Å²) in [6, 6.07) is 0. The van der Waals surface area contributed by atoms with Crippen molar-refractivity contribution in [1.82, 2.24) is 0 Å². The van der Waals surface area contributed by atoms with Gasteiger partial charge in [-0.2, -0.15) is 0 Å². The van der Waals surface area contributed by atoms with Gasteiger partial charge in [-0.25, -0.2) is 9.13 Å². The largest absolute Gasteiger partial charge is 0.472 e. The van der Waals surface area contributed by atoms with Crippen LogP contribution in [-0.4, -0.2) is 81.6 Å². The smallest absolute Gasteiger partial charge is 0.462 e. The molecule has 0 saturated heterocycles. The second kappa shape index (κ2) is 35.7. The molecule has 1 unspecified atom stereocenters. The van der Waals surface area contributed by atoms with Crippen molar-refractivity contribution in [3.05, 3.63) is 60.8 Å². The topological polar surface area (TPSA) is 216 Å². The number of allylic oxidation sites excluding steroid dienone is 9. The van der Waals surface area contributed by atoms with Crippen molar-refractivity contribution in [1.29, 1.82) is 0 Å². The number of phosphoric acid groups is 2. The number of hydrogen-bond acceptors (Lipinski definition) is 11. The zero-order valence-electron chi connectivity index (χ0n) is 34.4. The third-order valence-electron chi connectivity index (χ3n) is 8.25. The number of ether oxygens (including phenoxy) is 2. The van der Waals surface area contributed by atoms with E-state index in [0.29, 0.717) is 25.7 Å². The van der Waals surface area contributed by atoms with Crippen molar-refractivity contribution < 1.29 is 66.7 Å². The maximum Gasteiger partial charge on any atom is 0.472 e. The van der Waals surface area contributed by atoms with Gasteiger partial charge in [-0.1, -0.05) is 139 Å². The Morgan fingerprint density at radius 1 is 0.614 bits per heavy atom. The zero-order valence-corrected chi connectivity index (χ0v) is 36.2. The molecule has 0 aromatic heterocycles. The highest BCUT2D eigenvalue weighted by molar-refractivity contribution is 7.47. The van der Waals surface area contributed by atoms with E-state index in [1.807, 2.05) is 37.3 Å². The minimum absolute atomic E-state index is 0.101. The average Bonchev–Trinajstić information content (AvgIpc) is 3.15. The molecule has 14 nitrogen and oxygen atoms in total. The van der Waals surface area contributed by atoms with Crippen LogP contribution in [0, 0.1) is 5.92 Å². The molecule has 0 aliphatic rings. The second-order valence-corrected chi connectivity index (χ2v) is 16.9. The summed E-state index contributed by atoms with van der Waals surface area (Å²) in [6.45, 7) is 3.60. The summed E-state index contributed by atoms with van der Waals surface area (Å²) in [7, 11) is -9.70. The predicted molar refractivity (Wildman–Crippen MR) is 222 cm³/mol. The first-order valence-electron chi connectivity index (χ1n) is 20.4. The first-order chi connectivity index (χ1) is 27.1. The van der Waals surface area contributed by atoms with Gasteiger partial charge in [0.15, 0.2) is 6.10 Å². The lowest BCUT2D eigenvalue weighted by atomic mass is 10.0. The van der Waals surface area contributed by atoms with Crippen molar-refractivity contribution >= 4 is 27.6 Å². The maximum atomic E-state index is 12.6. The van der Waals surface area contributed by atoms with E-state index in [4.69, 9.17) is 23.8 Å². The van der Waals surface area contributed by atoms with E-state index in [1.165, 1.54) is 32.1 Å². The molecule has 0 aliphatic heterocycles. The normalized spacial score (nSPS) is 15.4. The molecule has 0 bridgehead atoms. The average molecular weight is 851 g/mol. The molecular formula is C41H72O14P2. The van der Waals surface area contributed by atoms with Crippen LogP contribution in [0.15, 0.2) is 60.8 Å². The van der Waals surface area contributed by atoms with E-state index < -0.39 is 72.3 Å². The van der Waals surface area contributed by atoms with Gasteiger partial charge in [0, 0.05) is 12.8 Å². The molecule has 0 amide bonds. The first-order valence-corrected chi connectivity index (χ1v) is 23.5. The molecule has 0 radical (unpaired) electrons. The molecule has 0 aromatic carbocycles.